The Kier molecular flexibility index (Phi) is 7.05. The molecule has 4 amide bonds. The first-order valence-electron chi connectivity index (χ1n) is 7.53. The summed E-state index contributed by atoms with van der Waals surface area (Å²) in [4.78, 5) is 34.7. The van der Waals surface area contributed by atoms with Crippen LogP contribution in [-0.4, -0.2) is 23.9 Å². The second-order valence-electron chi connectivity index (χ2n) is 5.78. The van der Waals surface area contributed by atoms with Crippen molar-refractivity contribution in [3.05, 3.63) is 35.4 Å². The van der Waals surface area contributed by atoms with Gasteiger partial charge >= 0.3 is 6.03 Å². The molecule has 23 heavy (non-hydrogen) atoms. The first kappa shape index (κ1) is 18.5. The van der Waals surface area contributed by atoms with E-state index in [-0.39, 0.29) is 23.9 Å². The minimum atomic E-state index is -0.393. The molecule has 1 rings (SSSR count). The SMILES string of the molecule is CC(C)NC(=O)NCc1ccc(C(=O)NNC(=O)C(C)C)cc1. The Bertz CT molecular complexity index is 553. The molecule has 7 heteroatoms. The Labute approximate surface area is 136 Å². The maximum Gasteiger partial charge on any atom is 0.315 e. The number of hydrogen-bond acceptors (Lipinski definition) is 3. The van der Waals surface area contributed by atoms with Crippen LogP contribution in [0.25, 0.3) is 0 Å². The fraction of sp³-hybridized carbons (Fsp3) is 0.438. The van der Waals surface area contributed by atoms with E-state index in [4.69, 9.17) is 0 Å². The smallest absolute Gasteiger partial charge is 0.315 e. The van der Waals surface area contributed by atoms with Crippen molar-refractivity contribution in [3.8, 4) is 0 Å². The normalized spacial score (nSPS) is 10.3. The maximum atomic E-state index is 11.9. The van der Waals surface area contributed by atoms with Gasteiger partial charge in [0.05, 0.1) is 0 Å². The van der Waals surface area contributed by atoms with E-state index in [9.17, 15) is 14.4 Å². The highest BCUT2D eigenvalue weighted by Crippen LogP contribution is 2.04. The predicted molar refractivity (Wildman–Crippen MR) is 87.4 cm³/mol. The van der Waals surface area contributed by atoms with Crippen LogP contribution in [0.5, 0.6) is 0 Å². The highest BCUT2D eigenvalue weighted by atomic mass is 16.2. The van der Waals surface area contributed by atoms with E-state index in [0.29, 0.717) is 12.1 Å². The molecule has 0 bridgehead atoms. The Morgan fingerprint density at radius 3 is 2.09 bits per heavy atom. The van der Waals surface area contributed by atoms with E-state index in [1.54, 1.807) is 38.1 Å². The number of urea groups is 1. The first-order chi connectivity index (χ1) is 10.8. The van der Waals surface area contributed by atoms with Crippen LogP contribution in [0, 0.1) is 5.92 Å². The fourth-order valence-electron chi connectivity index (χ4n) is 1.60. The Morgan fingerprint density at radius 1 is 0.957 bits per heavy atom. The van der Waals surface area contributed by atoms with Gasteiger partial charge in [0.1, 0.15) is 0 Å². The van der Waals surface area contributed by atoms with Crippen molar-refractivity contribution in [1.82, 2.24) is 21.5 Å². The third-order valence-corrected chi connectivity index (χ3v) is 2.91. The van der Waals surface area contributed by atoms with Crippen LogP contribution in [0.3, 0.4) is 0 Å². The summed E-state index contributed by atoms with van der Waals surface area (Å²) in [6.45, 7) is 7.60. The van der Waals surface area contributed by atoms with Gasteiger partial charge in [-0.1, -0.05) is 26.0 Å². The lowest BCUT2D eigenvalue weighted by Crippen LogP contribution is -2.43. The molecule has 0 saturated carbocycles. The average Bonchev–Trinajstić information content (AvgIpc) is 2.50. The van der Waals surface area contributed by atoms with Gasteiger partial charge in [0.2, 0.25) is 5.91 Å². The molecule has 0 saturated heterocycles. The van der Waals surface area contributed by atoms with Crippen molar-refractivity contribution in [2.45, 2.75) is 40.3 Å². The van der Waals surface area contributed by atoms with E-state index in [2.05, 4.69) is 21.5 Å². The van der Waals surface area contributed by atoms with Crippen molar-refractivity contribution in [2.24, 2.45) is 5.92 Å². The van der Waals surface area contributed by atoms with Crippen LogP contribution in [0.1, 0.15) is 43.6 Å². The molecule has 0 spiro atoms. The number of rotatable bonds is 5. The largest absolute Gasteiger partial charge is 0.336 e. The monoisotopic (exact) mass is 320 g/mol. The zero-order valence-electron chi connectivity index (χ0n) is 13.9. The molecule has 0 aliphatic carbocycles. The van der Waals surface area contributed by atoms with E-state index in [1.807, 2.05) is 13.8 Å². The molecule has 0 aliphatic rings. The number of carbonyl (C=O) groups excluding carboxylic acids is 3. The van der Waals surface area contributed by atoms with Crippen LogP contribution in [0.4, 0.5) is 4.79 Å². The van der Waals surface area contributed by atoms with Gasteiger partial charge in [-0.05, 0) is 31.5 Å². The average molecular weight is 320 g/mol. The van der Waals surface area contributed by atoms with Crippen molar-refractivity contribution in [2.75, 3.05) is 0 Å². The Morgan fingerprint density at radius 2 is 1.57 bits per heavy atom. The number of carbonyl (C=O) groups is 3. The highest BCUT2D eigenvalue weighted by molar-refractivity contribution is 5.95. The summed E-state index contributed by atoms with van der Waals surface area (Å²) in [5.41, 5.74) is 5.99. The number of hydrogen-bond donors (Lipinski definition) is 4. The lowest BCUT2D eigenvalue weighted by atomic mass is 10.1. The van der Waals surface area contributed by atoms with Crippen LogP contribution in [-0.2, 0) is 11.3 Å². The number of nitrogens with one attached hydrogen (secondary N) is 4. The summed E-state index contributed by atoms with van der Waals surface area (Å²) >= 11 is 0. The van der Waals surface area contributed by atoms with Crippen LogP contribution < -0.4 is 21.5 Å². The number of hydrazine groups is 1. The molecule has 4 N–H and O–H groups in total. The minimum Gasteiger partial charge on any atom is -0.336 e. The van der Waals surface area contributed by atoms with E-state index < -0.39 is 5.91 Å². The second-order valence-corrected chi connectivity index (χ2v) is 5.78. The summed E-state index contributed by atoms with van der Waals surface area (Å²) in [5, 5.41) is 5.45. The quantitative estimate of drug-likeness (QED) is 0.616. The van der Waals surface area contributed by atoms with Gasteiger partial charge in [-0.3, -0.25) is 20.4 Å². The van der Waals surface area contributed by atoms with E-state index >= 15 is 0 Å². The van der Waals surface area contributed by atoms with Gasteiger partial charge in [-0.2, -0.15) is 0 Å². The third-order valence-electron chi connectivity index (χ3n) is 2.91. The van der Waals surface area contributed by atoms with Gasteiger partial charge in [0.15, 0.2) is 0 Å². The zero-order chi connectivity index (χ0) is 17.4. The molecule has 0 atom stereocenters. The minimum absolute atomic E-state index is 0.0714. The lowest BCUT2D eigenvalue weighted by molar-refractivity contribution is -0.124. The summed E-state index contributed by atoms with van der Waals surface area (Å²) in [7, 11) is 0. The zero-order valence-corrected chi connectivity index (χ0v) is 13.9. The molecule has 0 heterocycles. The molecule has 0 unspecified atom stereocenters. The maximum absolute atomic E-state index is 11.9. The van der Waals surface area contributed by atoms with Crippen molar-refractivity contribution >= 4 is 17.8 Å². The Balaban J connectivity index is 2.48. The van der Waals surface area contributed by atoms with Crippen LogP contribution >= 0.6 is 0 Å². The lowest BCUT2D eigenvalue weighted by Gasteiger charge is -2.11. The van der Waals surface area contributed by atoms with Crippen LogP contribution in [0.2, 0.25) is 0 Å². The molecule has 1 aromatic carbocycles. The Hall–Kier alpha value is -2.57. The van der Waals surface area contributed by atoms with Crippen molar-refractivity contribution < 1.29 is 14.4 Å². The molecular formula is C16H24N4O3. The van der Waals surface area contributed by atoms with Gasteiger partial charge < -0.3 is 10.6 Å². The molecule has 0 aromatic heterocycles. The molecule has 7 nitrogen and oxygen atoms in total. The number of amides is 4. The fourth-order valence-corrected chi connectivity index (χ4v) is 1.60. The summed E-state index contributed by atoms with van der Waals surface area (Å²) in [6, 6.07) is 6.59. The summed E-state index contributed by atoms with van der Waals surface area (Å²) in [5.74, 6) is -0.855. The van der Waals surface area contributed by atoms with E-state index in [0.717, 1.165) is 5.56 Å². The second kappa shape index (κ2) is 8.77. The molecular weight excluding hydrogens is 296 g/mol. The summed E-state index contributed by atoms with van der Waals surface area (Å²) < 4.78 is 0. The molecule has 0 radical (unpaired) electrons. The molecule has 1 aromatic rings. The highest BCUT2D eigenvalue weighted by Gasteiger charge is 2.10. The summed E-state index contributed by atoms with van der Waals surface area (Å²) in [6.07, 6.45) is 0. The predicted octanol–water partition coefficient (Wildman–Crippen LogP) is 1.31. The third kappa shape index (κ3) is 6.82. The van der Waals surface area contributed by atoms with E-state index in [1.165, 1.54) is 0 Å². The van der Waals surface area contributed by atoms with Gasteiger partial charge in [-0.15, -0.1) is 0 Å². The van der Waals surface area contributed by atoms with Crippen LogP contribution in [0.15, 0.2) is 24.3 Å². The van der Waals surface area contributed by atoms with Crippen molar-refractivity contribution in [3.63, 3.8) is 0 Å². The molecule has 0 aliphatic heterocycles. The topological polar surface area (TPSA) is 99.3 Å². The van der Waals surface area contributed by atoms with Gasteiger partial charge in [0, 0.05) is 24.1 Å². The standard InChI is InChI=1S/C16H24N4O3/c1-10(2)14(21)19-20-15(22)13-7-5-12(6-8-13)9-17-16(23)18-11(3)4/h5-8,10-11H,9H2,1-4H3,(H,19,21)(H,20,22)(H2,17,18,23). The van der Waals surface area contributed by atoms with Gasteiger partial charge in [0.25, 0.3) is 5.91 Å². The van der Waals surface area contributed by atoms with Crippen molar-refractivity contribution in [1.29, 1.82) is 0 Å². The van der Waals surface area contributed by atoms with Gasteiger partial charge in [-0.25, -0.2) is 4.79 Å². The first-order valence-corrected chi connectivity index (χ1v) is 7.53. The molecule has 126 valence electrons. The number of benzene rings is 1. The molecule has 0 fully saturated rings.